The lowest BCUT2D eigenvalue weighted by Crippen LogP contribution is -2.51. The summed E-state index contributed by atoms with van der Waals surface area (Å²) in [6.07, 6.45) is 9.99. The molecule has 1 spiro atoms. The van der Waals surface area contributed by atoms with E-state index in [0.29, 0.717) is 0 Å². The van der Waals surface area contributed by atoms with Crippen molar-refractivity contribution in [2.45, 2.75) is 46.6 Å². The van der Waals surface area contributed by atoms with Gasteiger partial charge in [0.15, 0.2) is 5.65 Å². The van der Waals surface area contributed by atoms with Crippen LogP contribution < -0.4 is 10.6 Å². The predicted molar refractivity (Wildman–Crippen MR) is 128 cm³/mol. The molecule has 0 bridgehead atoms. The number of hydrogen-bond acceptors (Lipinski definition) is 7. The van der Waals surface area contributed by atoms with E-state index < -0.39 is 0 Å². The Morgan fingerprint density at radius 2 is 2.03 bits per heavy atom. The normalized spacial score (nSPS) is 23.2. The molecule has 2 fully saturated rings. The van der Waals surface area contributed by atoms with E-state index in [1.54, 1.807) is 23.5 Å². The number of halogens is 1. The first-order chi connectivity index (χ1) is 15.0. The largest absolute Gasteiger partial charge is 0.376 e. The average molecular weight is 476 g/mol. The third-order valence-electron chi connectivity index (χ3n) is 6.62. The summed E-state index contributed by atoms with van der Waals surface area (Å²) in [6, 6.07) is 6.11. The van der Waals surface area contributed by atoms with Gasteiger partial charge in [0.05, 0.1) is 22.6 Å². The molecule has 3 aromatic rings. The Labute approximate surface area is 195 Å². The molecule has 31 heavy (non-hydrogen) atoms. The van der Waals surface area contributed by atoms with E-state index in [2.05, 4.69) is 27.3 Å². The van der Waals surface area contributed by atoms with Crippen molar-refractivity contribution < 1.29 is 4.74 Å². The van der Waals surface area contributed by atoms with Gasteiger partial charge in [-0.25, -0.2) is 9.97 Å². The van der Waals surface area contributed by atoms with Gasteiger partial charge < -0.3 is 15.4 Å². The van der Waals surface area contributed by atoms with E-state index in [1.807, 2.05) is 37.0 Å². The van der Waals surface area contributed by atoms with Gasteiger partial charge in [-0.1, -0.05) is 29.4 Å². The second-order valence-corrected chi connectivity index (χ2v) is 10.6. The number of thioether (sulfide) groups is 1. The molecule has 164 valence electrons. The maximum Gasteiger partial charge on any atom is 0.211 e. The van der Waals surface area contributed by atoms with Gasteiger partial charge >= 0.3 is 0 Å². The highest BCUT2D eigenvalue weighted by molar-refractivity contribution is 8.02. The van der Waals surface area contributed by atoms with Crippen molar-refractivity contribution in [3.63, 3.8) is 0 Å². The second-order valence-electron chi connectivity index (χ2n) is 8.31. The highest BCUT2D eigenvalue weighted by atomic mass is 35.5. The third-order valence-corrected chi connectivity index (χ3v) is 9.09. The van der Waals surface area contributed by atoms with Crippen LogP contribution in [0.25, 0.3) is 5.65 Å². The average Bonchev–Trinajstić information content (AvgIpc) is 3.37. The fraction of sp³-hybridized carbons (Fsp3) is 0.455. The van der Waals surface area contributed by atoms with Crippen molar-refractivity contribution in [3.05, 3.63) is 41.8 Å². The van der Waals surface area contributed by atoms with Gasteiger partial charge in [-0.15, -0.1) is 11.8 Å². The molecule has 2 saturated heterocycles. The molecule has 0 saturated carbocycles. The zero-order valence-electron chi connectivity index (χ0n) is 17.6. The smallest absolute Gasteiger partial charge is 0.211 e. The first kappa shape index (κ1) is 21.4. The zero-order chi connectivity index (χ0) is 21.6. The molecule has 2 atom stereocenters. The Bertz CT molecular complexity index is 1100. The SMILES string of the molecule is CSc1c(Cl)cccc1Sc1cnc(N2CCC3(CC2)CO[C@@H](C)[C@H]3N)n2ccnc12. The monoisotopic (exact) mass is 475 g/mol. The first-order valence-electron chi connectivity index (χ1n) is 10.5. The molecular weight excluding hydrogens is 450 g/mol. The van der Waals surface area contributed by atoms with E-state index in [4.69, 9.17) is 27.1 Å². The number of aromatic nitrogens is 3. The van der Waals surface area contributed by atoms with Crippen LogP contribution in [-0.4, -0.2) is 52.5 Å². The highest BCUT2D eigenvalue weighted by Gasteiger charge is 2.47. The maximum absolute atomic E-state index is 6.49. The Balaban J connectivity index is 1.41. The minimum atomic E-state index is 0.0978. The Morgan fingerprint density at radius 1 is 1.23 bits per heavy atom. The molecule has 6 nitrogen and oxygen atoms in total. The minimum Gasteiger partial charge on any atom is -0.376 e. The van der Waals surface area contributed by atoms with Crippen molar-refractivity contribution in [2.75, 3.05) is 30.9 Å². The van der Waals surface area contributed by atoms with Gasteiger partial charge in [-0.2, -0.15) is 0 Å². The highest BCUT2D eigenvalue weighted by Crippen LogP contribution is 2.43. The number of anilines is 1. The summed E-state index contributed by atoms with van der Waals surface area (Å²) < 4.78 is 7.96. The predicted octanol–water partition coefficient (Wildman–Crippen LogP) is 4.59. The van der Waals surface area contributed by atoms with Crippen LogP contribution in [0, 0.1) is 5.41 Å². The molecule has 4 heterocycles. The Hall–Kier alpha value is -1.45. The molecule has 2 aliphatic rings. The van der Waals surface area contributed by atoms with E-state index in [1.165, 1.54) is 0 Å². The fourth-order valence-corrected chi connectivity index (χ4v) is 7.00. The molecule has 2 aromatic heterocycles. The van der Waals surface area contributed by atoms with Crippen LogP contribution in [0.1, 0.15) is 19.8 Å². The van der Waals surface area contributed by atoms with Gasteiger partial charge in [0, 0.05) is 52.9 Å². The molecule has 2 N–H and O–H groups in total. The number of rotatable bonds is 4. The standard InChI is InChI=1S/C22H26ClN5OS2/c1-14-19(24)22(13-29-14)6-9-27(10-7-22)21-26-12-17(20-25-8-11-28(20)21)31-16-5-3-4-15(23)18(16)30-2/h3-5,8,11-12,14,19H,6-7,9-10,13,24H2,1-2H3/t14-,19+/m0/s1. The van der Waals surface area contributed by atoms with Crippen LogP contribution in [0.2, 0.25) is 5.02 Å². The Kier molecular flexibility index (Phi) is 5.85. The summed E-state index contributed by atoms with van der Waals surface area (Å²) in [5.41, 5.74) is 7.50. The van der Waals surface area contributed by atoms with Crippen molar-refractivity contribution >= 4 is 46.7 Å². The summed E-state index contributed by atoms with van der Waals surface area (Å²) in [7, 11) is 0. The number of hydrogen-bond donors (Lipinski definition) is 1. The summed E-state index contributed by atoms with van der Waals surface area (Å²) in [6.45, 7) is 4.69. The van der Waals surface area contributed by atoms with Gasteiger partial charge in [0.1, 0.15) is 0 Å². The summed E-state index contributed by atoms with van der Waals surface area (Å²) in [4.78, 5) is 15.0. The minimum absolute atomic E-state index is 0.0978. The summed E-state index contributed by atoms with van der Waals surface area (Å²) >= 11 is 9.71. The van der Waals surface area contributed by atoms with E-state index in [-0.39, 0.29) is 17.6 Å². The van der Waals surface area contributed by atoms with E-state index in [0.717, 1.165) is 63.8 Å². The number of nitrogens with two attached hydrogens (primary N) is 1. The number of piperidine rings is 1. The summed E-state index contributed by atoms with van der Waals surface area (Å²) in [5.74, 6) is 0.934. The van der Waals surface area contributed by atoms with E-state index >= 15 is 0 Å². The molecule has 1 aromatic carbocycles. The summed E-state index contributed by atoms with van der Waals surface area (Å²) in [5, 5.41) is 0.770. The lowest BCUT2D eigenvalue weighted by atomic mass is 9.73. The maximum atomic E-state index is 6.49. The quantitative estimate of drug-likeness (QED) is 0.553. The van der Waals surface area contributed by atoms with Crippen LogP contribution in [-0.2, 0) is 4.74 Å². The van der Waals surface area contributed by atoms with Crippen molar-refractivity contribution in [1.29, 1.82) is 0 Å². The fourth-order valence-electron chi connectivity index (χ4n) is 4.70. The lowest BCUT2D eigenvalue weighted by molar-refractivity contribution is 0.0973. The molecular formula is C22H26ClN5OS2. The number of benzene rings is 1. The second kappa shape index (κ2) is 8.48. The van der Waals surface area contributed by atoms with Gasteiger partial charge in [-0.05, 0) is 38.2 Å². The van der Waals surface area contributed by atoms with E-state index in [9.17, 15) is 0 Å². The topological polar surface area (TPSA) is 68.7 Å². The molecule has 0 amide bonds. The molecule has 0 unspecified atom stereocenters. The Morgan fingerprint density at radius 3 is 2.74 bits per heavy atom. The molecule has 5 rings (SSSR count). The third kappa shape index (κ3) is 3.72. The van der Waals surface area contributed by atoms with Gasteiger partial charge in [0.25, 0.3) is 0 Å². The number of nitrogens with zero attached hydrogens (tertiary/aromatic N) is 4. The van der Waals surface area contributed by atoms with Crippen LogP contribution in [0.5, 0.6) is 0 Å². The van der Waals surface area contributed by atoms with Crippen molar-refractivity contribution in [1.82, 2.24) is 14.4 Å². The van der Waals surface area contributed by atoms with Crippen molar-refractivity contribution in [3.8, 4) is 0 Å². The zero-order valence-corrected chi connectivity index (χ0v) is 20.0. The van der Waals surface area contributed by atoms with Crippen LogP contribution in [0.3, 0.4) is 0 Å². The molecule has 0 aliphatic carbocycles. The van der Waals surface area contributed by atoms with Crippen LogP contribution >= 0.6 is 35.1 Å². The van der Waals surface area contributed by atoms with Crippen LogP contribution in [0.4, 0.5) is 5.95 Å². The van der Waals surface area contributed by atoms with Gasteiger partial charge in [-0.3, -0.25) is 4.40 Å². The number of imidazole rings is 1. The van der Waals surface area contributed by atoms with Crippen molar-refractivity contribution in [2.24, 2.45) is 11.1 Å². The molecule has 9 heteroatoms. The number of fused-ring (bicyclic) bond motifs is 1. The van der Waals surface area contributed by atoms with Gasteiger partial charge in [0.2, 0.25) is 5.95 Å². The first-order valence-corrected chi connectivity index (χ1v) is 12.9. The van der Waals surface area contributed by atoms with Crippen LogP contribution in [0.15, 0.2) is 51.5 Å². The number of ether oxygens (including phenoxy) is 1. The molecule has 0 radical (unpaired) electrons. The molecule has 2 aliphatic heterocycles. The lowest BCUT2D eigenvalue weighted by Gasteiger charge is -2.41.